The van der Waals surface area contributed by atoms with Crippen molar-refractivity contribution in [2.45, 2.75) is 45.6 Å². The summed E-state index contributed by atoms with van der Waals surface area (Å²) in [6.45, 7) is 3.45. The van der Waals surface area contributed by atoms with Crippen LogP contribution in [-0.2, 0) is 17.6 Å². The molecule has 0 fully saturated rings. The van der Waals surface area contributed by atoms with Crippen molar-refractivity contribution in [3.8, 4) is 22.8 Å². The van der Waals surface area contributed by atoms with Crippen molar-refractivity contribution >= 4 is 11.6 Å². The maximum Gasteiger partial charge on any atom is 0.268 e. The Morgan fingerprint density at radius 2 is 1.97 bits per heavy atom. The predicted molar refractivity (Wildman–Crippen MR) is 123 cm³/mol. The van der Waals surface area contributed by atoms with Crippen molar-refractivity contribution in [1.29, 1.82) is 0 Å². The van der Waals surface area contributed by atoms with E-state index in [0.717, 1.165) is 31.4 Å². The summed E-state index contributed by atoms with van der Waals surface area (Å²) >= 11 is 0. The fraction of sp³-hybridized carbons (Fsp3) is 0.280. The normalized spacial score (nSPS) is 14.0. The zero-order valence-corrected chi connectivity index (χ0v) is 18.5. The third kappa shape index (κ3) is 4.00. The molecule has 3 heterocycles. The second-order valence-corrected chi connectivity index (χ2v) is 8.31. The van der Waals surface area contributed by atoms with Gasteiger partial charge < -0.3 is 14.3 Å². The topological polar surface area (TPSA) is 103 Å². The van der Waals surface area contributed by atoms with E-state index < -0.39 is 11.6 Å². The summed E-state index contributed by atoms with van der Waals surface area (Å²) in [5, 5.41) is 11.4. The number of nitrogens with one attached hydrogen (secondary N) is 1. The maximum absolute atomic E-state index is 13.1. The zero-order valence-electron chi connectivity index (χ0n) is 18.5. The smallest absolute Gasteiger partial charge is 0.268 e. The number of anilines is 1. The minimum absolute atomic E-state index is 0.308. The second kappa shape index (κ2) is 8.54. The van der Waals surface area contributed by atoms with Gasteiger partial charge in [0.05, 0.1) is 17.5 Å². The van der Waals surface area contributed by atoms with E-state index >= 15 is 0 Å². The number of hydrogen-bond acceptors (Lipinski definition) is 6. The lowest BCUT2D eigenvalue weighted by Crippen LogP contribution is -2.34. The second-order valence-electron chi connectivity index (χ2n) is 8.31. The number of rotatable bonds is 5. The van der Waals surface area contributed by atoms with Crippen LogP contribution in [0.15, 0.2) is 62.5 Å². The van der Waals surface area contributed by atoms with E-state index in [1.54, 1.807) is 32.0 Å². The van der Waals surface area contributed by atoms with E-state index in [0.29, 0.717) is 28.5 Å². The fourth-order valence-corrected chi connectivity index (χ4v) is 4.27. The molecule has 5 rings (SSSR count). The first kappa shape index (κ1) is 20.9. The largest absolute Gasteiger partial charge is 0.463 e. The molecule has 0 saturated carbocycles. The third-order valence-electron chi connectivity index (χ3n) is 6.00. The molecule has 0 spiro atoms. The molecule has 1 N–H and O–H groups in total. The number of aryl methyl sites for hydroxylation is 2. The number of furan rings is 1. The summed E-state index contributed by atoms with van der Waals surface area (Å²) < 4.78 is 12.1. The number of benzene rings is 1. The molecule has 168 valence electrons. The first-order valence-electron chi connectivity index (χ1n) is 11.0. The van der Waals surface area contributed by atoms with Gasteiger partial charge in [0.1, 0.15) is 11.7 Å². The van der Waals surface area contributed by atoms with Gasteiger partial charge in [-0.05, 0) is 68.9 Å². The van der Waals surface area contributed by atoms with Gasteiger partial charge in [-0.3, -0.25) is 9.59 Å². The van der Waals surface area contributed by atoms with Crippen LogP contribution < -0.4 is 10.9 Å². The van der Waals surface area contributed by atoms with Crippen LogP contribution in [0.2, 0.25) is 0 Å². The summed E-state index contributed by atoms with van der Waals surface area (Å²) in [6.07, 6.45) is 5.74. The monoisotopic (exact) mass is 444 g/mol. The highest BCUT2D eigenvalue weighted by Crippen LogP contribution is 2.31. The third-order valence-corrected chi connectivity index (χ3v) is 6.00. The summed E-state index contributed by atoms with van der Waals surface area (Å²) in [5.41, 5.74) is 4.36. The molecule has 8 heteroatoms. The molecule has 0 unspecified atom stereocenters. The maximum atomic E-state index is 13.1. The van der Waals surface area contributed by atoms with Crippen molar-refractivity contribution in [1.82, 2.24) is 14.9 Å². The number of nitrogens with zero attached hydrogens (tertiary/aromatic N) is 3. The summed E-state index contributed by atoms with van der Waals surface area (Å²) in [4.78, 5) is 26.1. The number of aromatic nitrogens is 3. The average Bonchev–Trinajstić information content (AvgIpc) is 3.51. The molecule has 1 aliphatic rings. The van der Waals surface area contributed by atoms with Crippen molar-refractivity contribution in [2.75, 3.05) is 5.32 Å². The number of hydrogen-bond donors (Lipinski definition) is 1. The van der Waals surface area contributed by atoms with Gasteiger partial charge in [0, 0.05) is 17.8 Å². The standard InChI is InChI=1S/C25H24N4O4/c1-15-13-22(33-28-15)19-14-23(30)29(27-24(19)21-11-6-12-32-21)16(2)25(31)26-20-10-5-8-17-7-3-4-9-18(17)20/h5-6,8,10-14,16H,3-4,7,9H2,1-2H3,(H,26,31)/t16-/m1/s1. The Labute approximate surface area is 190 Å². The molecular formula is C25H24N4O4. The molecule has 1 aliphatic carbocycles. The van der Waals surface area contributed by atoms with Gasteiger partial charge in [-0.25, -0.2) is 4.68 Å². The first-order valence-corrected chi connectivity index (χ1v) is 11.0. The van der Waals surface area contributed by atoms with Crippen LogP contribution in [-0.4, -0.2) is 20.8 Å². The van der Waals surface area contributed by atoms with Crippen LogP contribution in [0.1, 0.15) is 42.6 Å². The molecule has 0 saturated heterocycles. The van der Waals surface area contributed by atoms with Crippen LogP contribution in [0.3, 0.4) is 0 Å². The molecule has 1 aromatic carbocycles. The van der Waals surface area contributed by atoms with Gasteiger partial charge in [0.2, 0.25) is 5.91 Å². The van der Waals surface area contributed by atoms with Gasteiger partial charge in [-0.1, -0.05) is 17.3 Å². The van der Waals surface area contributed by atoms with Gasteiger partial charge in [0.25, 0.3) is 5.56 Å². The van der Waals surface area contributed by atoms with Crippen LogP contribution in [0, 0.1) is 6.92 Å². The fourth-order valence-electron chi connectivity index (χ4n) is 4.27. The average molecular weight is 444 g/mol. The summed E-state index contributed by atoms with van der Waals surface area (Å²) in [5.74, 6) is 0.554. The minimum atomic E-state index is -0.837. The highest BCUT2D eigenvalue weighted by atomic mass is 16.5. The number of amides is 1. The van der Waals surface area contributed by atoms with E-state index in [1.807, 2.05) is 12.1 Å². The Bertz CT molecular complexity index is 1370. The Balaban J connectivity index is 1.51. The molecule has 33 heavy (non-hydrogen) atoms. The van der Waals surface area contributed by atoms with E-state index in [1.165, 1.54) is 28.1 Å². The van der Waals surface area contributed by atoms with Gasteiger partial charge in [0.15, 0.2) is 11.5 Å². The molecule has 1 atom stereocenters. The highest BCUT2D eigenvalue weighted by Gasteiger charge is 2.24. The SMILES string of the molecule is Cc1cc(-c2cc(=O)n([C@H](C)C(=O)Nc3cccc4c3CCCC4)nc2-c2ccco2)on1. The number of fused-ring (bicyclic) bond motifs is 1. The van der Waals surface area contributed by atoms with Crippen molar-refractivity contribution in [2.24, 2.45) is 0 Å². The lowest BCUT2D eigenvalue weighted by Gasteiger charge is -2.21. The van der Waals surface area contributed by atoms with Crippen LogP contribution >= 0.6 is 0 Å². The van der Waals surface area contributed by atoms with Crippen molar-refractivity contribution in [3.63, 3.8) is 0 Å². The van der Waals surface area contributed by atoms with Gasteiger partial charge in [-0.2, -0.15) is 5.10 Å². The zero-order chi connectivity index (χ0) is 22.9. The Morgan fingerprint density at radius 3 is 2.73 bits per heavy atom. The van der Waals surface area contributed by atoms with Crippen molar-refractivity contribution in [3.05, 3.63) is 75.9 Å². The Morgan fingerprint density at radius 1 is 1.12 bits per heavy atom. The number of carbonyl (C=O) groups is 1. The number of carbonyl (C=O) groups excluding carboxylic acids is 1. The van der Waals surface area contributed by atoms with E-state index in [-0.39, 0.29) is 5.91 Å². The molecule has 1 amide bonds. The summed E-state index contributed by atoms with van der Waals surface area (Å²) in [7, 11) is 0. The molecule has 0 radical (unpaired) electrons. The van der Waals surface area contributed by atoms with E-state index in [9.17, 15) is 9.59 Å². The minimum Gasteiger partial charge on any atom is -0.463 e. The molecule has 0 bridgehead atoms. The van der Waals surface area contributed by atoms with Gasteiger partial charge in [-0.15, -0.1) is 0 Å². The lowest BCUT2D eigenvalue weighted by atomic mass is 9.90. The first-order chi connectivity index (χ1) is 16.0. The highest BCUT2D eigenvalue weighted by molar-refractivity contribution is 5.94. The molecular weight excluding hydrogens is 420 g/mol. The van der Waals surface area contributed by atoms with Crippen molar-refractivity contribution < 1.29 is 13.7 Å². The summed E-state index contributed by atoms with van der Waals surface area (Å²) in [6, 6.07) is 11.7. The van der Waals surface area contributed by atoms with E-state index in [2.05, 4.69) is 21.6 Å². The molecule has 0 aliphatic heterocycles. The van der Waals surface area contributed by atoms with Crippen LogP contribution in [0.25, 0.3) is 22.8 Å². The molecule has 8 nitrogen and oxygen atoms in total. The Hall–Kier alpha value is -3.94. The lowest BCUT2D eigenvalue weighted by molar-refractivity contribution is -0.119. The van der Waals surface area contributed by atoms with Crippen LogP contribution in [0.4, 0.5) is 5.69 Å². The van der Waals surface area contributed by atoms with Crippen LogP contribution in [0.5, 0.6) is 0 Å². The Kier molecular flexibility index (Phi) is 5.42. The van der Waals surface area contributed by atoms with Gasteiger partial charge >= 0.3 is 0 Å². The molecule has 4 aromatic rings. The predicted octanol–water partition coefficient (Wildman–Crippen LogP) is 4.55. The van der Waals surface area contributed by atoms with E-state index in [4.69, 9.17) is 8.94 Å². The quantitative estimate of drug-likeness (QED) is 0.485. The molecule has 3 aromatic heterocycles.